The minimum absolute atomic E-state index is 0.126. The number of aliphatic hydroxyl groups is 1. The van der Waals surface area contributed by atoms with Crippen molar-refractivity contribution in [2.45, 2.75) is 19.3 Å². The van der Waals surface area contributed by atoms with Crippen LogP contribution in [-0.4, -0.2) is 23.8 Å². The Kier molecular flexibility index (Phi) is 3.03. The van der Waals surface area contributed by atoms with Crippen LogP contribution >= 0.6 is 0 Å². The molecule has 0 aliphatic heterocycles. The molecule has 3 heteroatoms. The maximum absolute atomic E-state index is 9.38. The summed E-state index contributed by atoms with van der Waals surface area (Å²) in [5.41, 5.74) is 0.880. The molecule has 1 aromatic carbocycles. The van der Waals surface area contributed by atoms with Crippen LogP contribution in [0.1, 0.15) is 19.4 Å². The Morgan fingerprint density at radius 3 is 2.71 bits per heavy atom. The van der Waals surface area contributed by atoms with Gasteiger partial charge >= 0.3 is 0 Å². The monoisotopic (exact) mass is 231 g/mol. The summed E-state index contributed by atoms with van der Waals surface area (Å²) >= 11 is 0. The Morgan fingerprint density at radius 1 is 1.29 bits per heavy atom. The zero-order valence-corrected chi connectivity index (χ0v) is 10.4. The molecule has 0 aliphatic rings. The molecule has 2 aromatic rings. The van der Waals surface area contributed by atoms with Gasteiger partial charge in [-0.15, -0.1) is 0 Å². The molecule has 0 saturated heterocycles. The summed E-state index contributed by atoms with van der Waals surface area (Å²) in [5, 5.41) is 11.5. The molecule has 17 heavy (non-hydrogen) atoms. The summed E-state index contributed by atoms with van der Waals surface area (Å²) in [7, 11) is 1.62. The van der Waals surface area contributed by atoms with Crippen LogP contribution in [-0.2, 0) is 5.41 Å². The lowest BCUT2D eigenvalue weighted by Gasteiger charge is -2.22. The van der Waals surface area contributed by atoms with Crippen molar-refractivity contribution in [1.29, 1.82) is 0 Å². The highest BCUT2D eigenvalue weighted by molar-refractivity contribution is 5.87. The van der Waals surface area contributed by atoms with E-state index in [-0.39, 0.29) is 12.0 Å². The van der Waals surface area contributed by atoms with Crippen LogP contribution in [0.15, 0.2) is 30.5 Å². The van der Waals surface area contributed by atoms with Gasteiger partial charge in [0.05, 0.1) is 13.7 Å². The van der Waals surface area contributed by atoms with E-state index in [0.717, 1.165) is 16.3 Å². The third kappa shape index (κ3) is 2.11. The van der Waals surface area contributed by atoms with Crippen LogP contribution in [0.4, 0.5) is 0 Å². The third-order valence-electron chi connectivity index (χ3n) is 3.10. The molecule has 0 saturated carbocycles. The molecule has 0 unspecified atom stereocenters. The number of aromatic nitrogens is 1. The van der Waals surface area contributed by atoms with Gasteiger partial charge in [0.2, 0.25) is 5.88 Å². The molecule has 90 valence electrons. The highest BCUT2D eigenvalue weighted by Gasteiger charge is 2.19. The Morgan fingerprint density at radius 2 is 2.06 bits per heavy atom. The average Bonchev–Trinajstić information content (AvgIpc) is 2.37. The molecule has 0 spiro atoms. The van der Waals surface area contributed by atoms with Crippen molar-refractivity contribution in [3.05, 3.63) is 36.0 Å². The molecule has 1 aromatic heterocycles. The van der Waals surface area contributed by atoms with E-state index in [1.165, 1.54) is 0 Å². The van der Waals surface area contributed by atoms with Crippen molar-refractivity contribution < 1.29 is 9.84 Å². The second-order valence-corrected chi connectivity index (χ2v) is 4.80. The van der Waals surface area contributed by atoms with E-state index in [9.17, 15) is 5.11 Å². The number of nitrogens with zero attached hydrogens (tertiary/aromatic N) is 1. The summed E-state index contributed by atoms with van der Waals surface area (Å²) in [6.45, 7) is 4.17. The normalized spacial score (nSPS) is 11.8. The van der Waals surface area contributed by atoms with Gasteiger partial charge in [0, 0.05) is 17.0 Å². The van der Waals surface area contributed by atoms with Gasteiger partial charge in [-0.1, -0.05) is 26.0 Å². The number of pyridine rings is 1. The van der Waals surface area contributed by atoms with Crippen molar-refractivity contribution in [3.63, 3.8) is 0 Å². The van der Waals surface area contributed by atoms with Crippen LogP contribution in [0.3, 0.4) is 0 Å². The molecule has 0 atom stereocenters. The van der Waals surface area contributed by atoms with Gasteiger partial charge in [-0.25, -0.2) is 4.98 Å². The number of ether oxygens (including phenoxy) is 1. The van der Waals surface area contributed by atoms with E-state index >= 15 is 0 Å². The van der Waals surface area contributed by atoms with E-state index in [1.54, 1.807) is 13.3 Å². The van der Waals surface area contributed by atoms with Crippen molar-refractivity contribution in [1.82, 2.24) is 4.98 Å². The van der Waals surface area contributed by atoms with Gasteiger partial charge < -0.3 is 9.84 Å². The van der Waals surface area contributed by atoms with Gasteiger partial charge in [0.25, 0.3) is 0 Å². The van der Waals surface area contributed by atoms with E-state index in [2.05, 4.69) is 11.1 Å². The molecule has 0 radical (unpaired) electrons. The van der Waals surface area contributed by atoms with Gasteiger partial charge in [-0.05, 0) is 23.1 Å². The molecule has 0 aliphatic carbocycles. The van der Waals surface area contributed by atoms with Crippen molar-refractivity contribution in [2.75, 3.05) is 13.7 Å². The predicted octanol–water partition coefficient (Wildman–Crippen LogP) is 2.51. The van der Waals surface area contributed by atoms with E-state index in [0.29, 0.717) is 5.88 Å². The zero-order valence-electron chi connectivity index (χ0n) is 10.4. The lowest BCUT2D eigenvalue weighted by molar-refractivity contribution is 0.218. The lowest BCUT2D eigenvalue weighted by Crippen LogP contribution is -2.21. The first-order valence-corrected chi connectivity index (χ1v) is 5.62. The second kappa shape index (κ2) is 4.34. The van der Waals surface area contributed by atoms with Gasteiger partial charge in [0.1, 0.15) is 0 Å². The number of fused-ring (bicyclic) bond motifs is 1. The molecule has 1 heterocycles. The Bertz CT molecular complexity index is 535. The minimum atomic E-state index is -0.231. The number of hydrogen-bond acceptors (Lipinski definition) is 3. The summed E-state index contributed by atoms with van der Waals surface area (Å²) in [6, 6.07) is 8.04. The highest BCUT2D eigenvalue weighted by atomic mass is 16.5. The minimum Gasteiger partial charge on any atom is -0.481 e. The van der Waals surface area contributed by atoms with Crippen LogP contribution < -0.4 is 4.74 Å². The van der Waals surface area contributed by atoms with Gasteiger partial charge in [-0.3, -0.25) is 0 Å². The molecular weight excluding hydrogens is 214 g/mol. The SMILES string of the molecule is COc1nccc2cc(C(C)(C)CO)ccc12. The molecular formula is C14H17NO2. The Hall–Kier alpha value is -1.61. The van der Waals surface area contributed by atoms with Crippen molar-refractivity contribution in [3.8, 4) is 5.88 Å². The molecule has 0 amide bonds. The quantitative estimate of drug-likeness (QED) is 0.882. The number of methoxy groups -OCH3 is 1. The Balaban J connectivity index is 2.60. The third-order valence-corrected chi connectivity index (χ3v) is 3.10. The predicted molar refractivity (Wildman–Crippen MR) is 68.4 cm³/mol. The summed E-state index contributed by atoms with van der Waals surface area (Å²) in [4.78, 5) is 4.17. The number of rotatable bonds is 3. The largest absolute Gasteiger partial charge is 0.481 e. The first-order valence-electron chi connectivity index (χ1n) is 5.62. The Labute approximate surface area is 101 Å². The van der Waals surface area contributed by atoms with Gasteiger partial charge in [0.15, 0.2) is 0 Å². The first kappa shape index (κ1) is 11.9. The van der Waals surface area contributed by atoms with Gasteiger partial charge in [-0.2, -0.15) is 0 Å². The van der Waals surface area contributed by atoms with Crippen LogP contribution in [0, 0.1) is 0 Å². The number of benzene rings is 1. The average molecular weight is 231 g/mol. The maximum Gasteiger partial charge on any atom is 0.221 e. The fourth-order valence-corrected chi connectivity index (χ4v) is 1.83. The second-order valence-electron chi connectivity index (χ2n) is 4.80. The first-order chi connectivity index (χ1) is 8.08. The van der Waals surface area contributed by atoms with Crippen LogP contribution in [0.5, 0.6) is 5.88 Å². The van der Waals surface area contributed by atoms with E-state index in [4.69, 9.17) is 4.74 Å². The lowest BCUT2D eigenvalue weighted by atomic mass is 9.85. The maximum atomic E-state index is 9.38. The van der Waals surface area contributed by atoms with E-state index < -0.39 is 0 Å². The molecule has 2 rings (SSSR count). The standard InChI is InChI=1S/C14H17NO2/c1-14(2,9-16)11-4-5-12-10(8-11)6-7-15-13(12)17-3/h4-8,16H,9H2,1-3H3. The summed E-state index contributed by atoms with van der Waals surface area (Å²) in [5.74, 6) is 0.635. The fraction of sp³-hybridized carbons (Fsp3) is 0.357. The number of aliphatic hydroxyl groups excluding tert-OH is 1. The molecule has 0 fully saturated rings. The van der Waals surface area contributed by atoms with E-state index in [1.807, 2.05) is 32.0 Å². The van der Waals surface area contributed by atoms with Crippen molar-refractivity contribution in [2.24, 2.45) is 0 Å². The molecule has 0 bridgehead atoms. The van der Waals surface area contributed by atoms with Crippen molar-refractivity contribution >= 4 is 10.8 Å². The summed E-state index contributed by atoms with van der Waals surface area (Å²) < 4.78 is 5.22. The zero-order chi connectivity index (χ0) is 12.5. The smallest absolute Gasteiger partial charge is 0.221 e. The molecule has 3 nitrogen and oxygen atoms in total. The topological polar surface area (TPSA) is 42.4 Å². The van der Waals surface area contributed by atoms with Crippen LogP contribution in [0.2, 0.25) is 0 Å². The number of hydrogen-bond donors (Lipinski definition) is 1. The fourth-order valence-electron chi connectivity index (χ4n) is 1.83. The molecule has 1 N–H and O–H groups in total. The summed E-state index contributed by atoms with van der Waals surface area (Å²) in [6.07, 6.45) is 1.73. The van der Waals surface area contributed by atoms with Crippen LogP contribution in [0.25, 0.3) is 10.8 Å². The highest BCUT2D eigenvalue weighted by Crippen LogP contribution is 2.29.